The molecule has 5 aromatic rings. The summed E-state index contributed by atoms with van der Waals surface area (Å²) in [6.45, 7) is -20.0. The fraction of sp³-hybridized carbons (Fsp3) is 0.317. The molecule has 1 aliphatic rings. The molecule has 6 nitrogen and oxygen atoms in total. The Labute approximate surface area is 351 Å². The molecule has 0 radical (unpaired) electrons. The van der Waals surface area contributed by atoms with E-state index in [0.717, 1.165) is 7.11 Å². The second-order valence-corrected chi connectivity index (χ2v) is 11.0. The average Bonchev–Trinajstić information content (AvgIpc) is 2.31. The highest BCUT2D eigenvalue weighted by molar-refractivity contribution is 7.98. The van der Waals surface area contributed by atoms with Crippen molar-refractivity contribution >= 4 is 28.6 Å². The minimum atomic E-state index is -5.42. The summed E-state index contributed by atoms with van der Waals surface area (Å²) < 4.78 is 345. The van der Waals surface area contributed by atoms with Crippen LogP contribution in [0.1, 0.15) is 76.1 Å². The van der Waals surface area contributed by atoms with Gasteiger partial charge in [0.1, 0.15) is 6.50 Å². The topological polar surface area (TPSA) is 54.8 Å². The number of thioether (sulfide) groups is 1. The Hall–Kier alpha value is -4.52. The van der Waals surface area contributed by atoms with Gasteiger partial charge in [0.15, 0.2) is 17.1 Å². The zero-order valence-corrected chi connectivity index (χ0v) is 27.6. The number of amides is 1. The van der Waals surface area contributed by atoms with Gasteiger partial charge in [0.25, 0.3) is 0 Å². The smallest absolute Gasteiger partial charge is 0.383 e. The lowest BCUT2D eigenvalue weighted by atomic mass is 9.98. The van der Waals surface area contributed by atoms with Crippen molar-refractivity contribution in [1.82, 2.24) is 14.4 Å². The van der Waals surface area contributed by atoms with Gasteiger partial charge in [-0.2, -0.15) is 13.2 Å². The molecule has 0 bridgehead atoms. The van der Waals surface area contributed by atoms with Crippen LogP contribution in [0.25, 0.3) is 22.0 Å². The molecule has 0 unspecified atom stereocenters. The third-order valence-corrected chi connectivity index (χ3v) is 7.50. The van der Waals surface area contributed by atoms with Crippen LogP contribution in [0.2, 0.25) is 0 Å². The van der Waals surface area contributed by atoms with Gasteiger partial charge < -0.3 is 19.1 Å². The molecule has 2 heterocycles. The van der Waals surface area contributed by atoms with Gasteiger partial charge in [-0.1, -0.05) is 60.4 Å². The molecule has 1 fully saturated rings. The molecule has 1 saturated heterocycles. The number of pyridine rings is 1. The summed E-state index contributed by atoms with van der Waals surface area (Å²) in [6, 6.07) is -29.8. The first kappa shape index (κ1) is 15.7. The van der Waals surface area contributed by atoms with Crippen LogP contribution < -0.4 is 5.43 Å². The molecule has 6 rings (SSSR count). The predicted molar refractivity (Wildman–Crippen MR) is 198 cm³/mol. The van der Waals surface area contributed by atoms with Gasteiger partial charge in [0, 0.05) is 75.6 Å². The summed E-state index contributed by atoms with van der Waals surface area (Å²) in [5.74, 6) is -7.89. The van der Waals surface area contributed by atoms with Crippen LogP contribution in [0.3, 0.4) is 0 Å². The van der Waals surface area contributed by atoms with Crippen LogP contribution in [0.4, 0.5) is 22.0 Å². The Balaban J connectivity index is 1.87. The second kappa shape index (κ2) is 16.7. The lowest BCUT2D eigenvalue weighted by molar-refractivity contribution is -0.138. The molecule has 1 amide bonds. The molecule has 4 aromatic carbocycles. The Kier molecular flexibility index (Phi) is 4.93. The minimum Gasteiger partial charge on any atom is -0.383 e. The summed E-state index contributed by atoms with van der Waals surface area (Å²) in [7, 11) is 0.954. The van der Waals surface area contributed by atoms with E-state index in [1.807, 2.05) is 0 Å². The van der Waals surface area contributed by atoms with Crippen molar-refractivity contribution in [3.05, 3.63) is 135 Å². The molecular formula is C41H40F5N3O3S. The number of piperidine rings is 1. The number of carbonyl (C=O) groups excluding carboxylic acids is 1. The first-order chi connectivity index (χ1) is 37.4. The number of halogens is 5. The normalized spacial score (nSPS) is 27.5. The molecule has 278 valence electrons. The van der Waals surface area contributed by atoms with Gasteiger partial charge in [-0.15, -0.1) is 11.8 Å². The minimum absolute atomic E-state index is 0.246. The SMILES string of the molecule is [2H]c1c([2H])c(F)c(F)c(C([2H])([2H])Sc2c([2H])c(=O)c3c([2H])c([2H])c([2H])c([2H])c3n2C([2H])([2H])C(=O)N(C([2H])([2H])c2c([2H])c([2H])c(-c3c([2H])c([2H])c(C(F)(F)F)c(C)c3[2H])c([2H])c2[2H])C2([2H])C([2H])([2H])C([2H])([2H])N(CCOC)C([2H])([2H])C2([2H])[2H])c1[2H]. The molecule has 1 aromatic heterocycles. The van der Waals surface area contributed by atoms with Crippen molar-refractivity contribution in [3.8, 4) is 11.1 Å². The zero-order valence-electron chi connectivity index (χ0n) is 56.8. The van der Waals surface area contributed by atoms with Crippen LogP contribution in [0.15, 0.2) is 100 Å². The van der Waals surface area contributed by atoms with Crippen LogP contribution in [-0.2, 0) is 34.4 Å². The maximum absolute atomic E-state index is 16.1. The van der Waals surface area contributed by atoms with Crippen molar-refractivity contribution in [2.75, 3.05) is 33.3 Å². The zero-order chi connectivity index (χ0) is 64.2. The number of rotatable bonds is 12. The lowest BCUT2D eigenvalue weighted by Crippen LogP contribution is -2.48. The van der Waals surface area contributed by atoms with E-state index in [-0.39, 0.29) is 4.90 Å². The predicted octanol–water partition coefficient (Wildman–Crippen LogP) is 8.71. The fourth-order valence-corrected chi connectivity index (χ4v) is 4.96. The number of likely N-dealkylation sites (tertiary alicyclic amines) is 1. The molecule has 53 heavy (non-hydrogen) atoms. The molecular weight excluding hydrogens is 710 g/mol. The van der Waals surface area contributed by atoms with Gasteiger partial charge in [-0.25, -0.2) is 8.78 Å². The van der Waals surface area contributed by atoms with Crippen molar-refractivity contribution in [2.45, 2.75) is 55.6 Å². The lowest BCUT2D eigenvalue weighted by Gasteiger charge is -2.39. The summed E-state index contributed by atoms with van der Waals surface area (Å²) in [4.78, 5) is 28.7. The van der Waals surface area contributed by atoms with Crippen LogP contribution >= 0.6 is 11.8 Å². The summed E-state index contributed by atoms with van der Waals surface area (Å²) >= 11 is -0.895. The van der Waals surface area contributed by atoms with Gasteiger partial charge >= 0.3 is 6.18 Å². The summed E-state index contributed by atoms with van der Waals surface area (Å²) in [5.41, 5.74) is -17.2. The number of carbonyl (C=O) groups is 1. The van der Waals surface area contributed by atoms with E-state index in [1.165, 1.54) is 0 Å². The van der Waals surface area contributed by atoms with Crippen molar-refractivity contribution < 1.29 is 72.6 Å². The van der Waals surface area contributed by atoms with Gasteiger partial charge in [0.2, 0.25) is 5.91 Å². The highest BCUT2D eigenvalue weighted by atomic mass is 32.2. The van der Waals surface area contributed by atoms with Crippen LogP contribution in [-0.4, -0.2) is 59.5 Å². The van der Waals surface area contributed by atoms with E-state index in [4.69, 9.17) is 33.5 Å². The quantitative estimate of drug-likeness (QED) is 0.0938. The number of fused-ring (bicyclic) bond motifs is 1. The number of alkyl halides is 3. The Bertz CT molecular complexity index is 3560. The van der Waals surface area contributed by atoms with Crippen LogP contribution in [0.5, 0.6) is 0 Å². The van der Waals surface area contributed by atoms with E-state index >= 15 is 13.6 Å². The maximum atomic E-state index is 16.1. The number of benzene rings is 4. The molecule has 0 spiro atoms. The molecule has 0 atom stereocenters. The van der Waals surface area contributed by atoms with Gasteiger partial charge in [-0.3, -0.25) is 9.59 Å². The molecule has 0 N–H and O–H groups in total. The van der Waals surface area contributed by atoms with E-state index in [2.05, 4.69) is 0 Å². The van der Waals surface area contributed by atoms with E-state index in [1.54, 1.807) is 0 Å². The Morgan fingerprint density at radius 3 is 2.45 bits per heavy atom. The molecule has 1 aliphatic heterocycles. The fourth-order valence-electron chi connectivity index (χ4n) is 4.24. The number of aromatic nitrogens is 1. The van der Waals surface area contributed by atoms with Crippen LogP contribution in [0, 0.1) is 18.6 Å². The number of para-hydroxylation sites is 1. The Morgan fingerprint density at radius 2 is 1.74 bits per heavy atom. The van der Waals surface area contributed by atoms with Gasteiger partial charge in [0.05, 0.1) is 50.1 Å². The van der Waals surface area contributed by atoms with E-state index in [9.17, 15) is 30.3 Å². The van der Waals surface area contributed by atoms with Crippen molar-refractivity contribution in [1.29, 1.82) is 0 Å². The number of hydrogen-bond acceptors (Lipinski definition) is 5. The first-order valence-electron chi connectivity index (χ1n) is 29.6. The third kappa shape index (κ3) is 9.00. The monoisotopic (exact) mass is 779 g/mol. The van der Waals surface area contributed by atoms with Gasteiger partial charge in [-0.05, 0) is 66.1 Å². The average molecular weight is 780 g/mol. The molecule has 12 heteroatoms. The number of nitrogens with zero attached hydrogens (tertiary/aromatic N) is 3. The van der Waals surface area contributed by atoms with Crippen molar-refractivity contribution in [2.24, 2.45) is 0 Å². The first-order valence-corrected chi connectivity index (χ1v) is 15.4. The third-order valence-electron chi connectivity index (χ3n) is 6.72. The highest BCUT2D eigenvalue weighted by Crippen LogP contribution is 2.34. The summed E-state index contributed by atoms with van der Waals surface area (Å²) in [6.07, 6.45) is -15.1. The largest absolute Gasteiger partial charge is 0.416 e. The summed E-state index contributed by atoms with van der Waals surface area (Å²) in [5, 5.41) is -3.38. The Morgan fingerprint density at radius 1 is 1.02 bits per heavy atom. The van der Waals surface area contributed by atoms with E-state index in [0.29, 0.717) is 6.92 Å². The second-order valence-electron chi connectivity index (χ2n) is 10.2. The highest BCUT2D eigenvalue weighted by Gasteiger charge is 2.32. The van der Waals surface area contributed by atoms with E-state index < -0.39 is 254 Å². The van der Waals surface area contributed by atoms with Crippen molar-refractivity contribution in [3.63, 3.8) is 0 Å². The molecule has 0 saturated carbocycles. The number of ether oxygens (including phenoxy) is 1. The molecule has 0 aliphatic carbocycles. The maximum Gasteiger partial charge on any atom is 0.416 e. The number of methoxy groups -OCH3 is 1. The standard InChI is InChI=1S/C41H40F5N3O3S/c1-27-22-30(14-15-34(27)41(44,45)46)29-12-10-28(11-13-29)24-48(32-16-18-47(19-17-32)20-21-52-2)38(51)25-49-36-9-4-3-7-33(36)37(50)23-39(49)53-26-31-6-5-8-35(42)40(31)43/h3-15,22-23,32H,16-21,24-26H2,1-2H3/i3D,4D,5D,6D,7D,8D,9D,10D,11D,12D,13D,14D,15D,16D2,17D2,18D2,19D2,22D,23D,24D2,25D2,26D2,32D. The number of hydrogen-bond donors (Lipinski definition) is 0.